The van der Waals surface area contributed by atoms with Gasteiger partial charge in [-0.15, -0.1) is 0 Å². The van der Waals surface area contributed by atoms with Gasteiger partial charge in [0.25, 0.3) is 5.91 Å². The number of nitrogens with zero attached hydrogens (tertiary/aromatic N) is 1. The lowest BCUT2D eigenvalue weighted by Crippen LogP contribution is -2.24. The molecule has 6 nitrogen and oxygen atoms in total. The average Bonchev–Trinajstić information content (AvgIpc) is 2.60. The SMILES string of the molecule is Cc1cc(OCC(=O)OCC(=O)Nc2ncc(Cl)cc2Cl)ccc1C(C)C. The summed E-state index contributed by atoms with van der Waals surface area (Å²) >= 11 is 11.6. The average molecular weight is 411 g/mol. The monoisotopic (exact) mass is 410 g/mol. The van der Waals surface area contributed by atoms with Gasteiger partial charge in [0.15, 0.2) is 19.0 Å². The van der Waals surface area contributed by atoms with Crippen molar-refractivity contribution in [2.24, 2.45) is 0 Å². The van der Waals surface area contributed by atoms with Crippen molar-refractivity contribution in [3.63, 3.8) is 0 Å². The number of anilines is 1. The van der Waals surface area contributed by atoms with Crippen LogP contribution in [-0.2, 0) is 14.3 Å². The van der Waals surface area contributed by atoms with E-state index in [0.29, 0.717) is 16.7 Å². The zero-order chi connectivity index (χ0) is 20.0. The lowest BCUT2D eigenvalue weighted by Gasteiger charge is -2.12. The number of carbonyl (C=O) groups excluding carboxylic acids is 2. The van der Waals surface area contributed by atoms with Crippen molar-refractivity contribution in [3.8, 4) is 5.75 Å². The van der Waals surface area contributed by atoms with Crippen LogP contribution in [0.5, 0.6) is 5.75 Å². The Balaban J connectivity index is 1.79. The summed E-state index contributed by atoms with van der Waals surface area (Å²) in [4.78, 5) is 27.5. The van der Waals surface area contributed by atoms with E-state index in [9.17, 15) is 9.59 Å². The van der Waals surface area contributed by atoms with Crippen molar-refractivity contribution in [1.29, 1.82) is 0 Å². The second kappa shape index (κ2) is 9.58. The normalized spacial score (nSPS) is 10.6. The Hall–Kier alpha value is -2.31. The highest BCUT2D eigenvalue weighted by molar-refractivity contribution is 6.36. The van der Waals surface area contributed by atoms with Gasteiger partial charge in [-0.1, -0.05) is 43.1 Å². The van der Waals surface area contributed by atoms with E-state index in [1.165, 1.54) is 17.8 Å². The van der Waals surface area contributed by atoms with Crippen molar-refractivity contribution >= 4 is 40.9 Å². The van der Waals surface area contributed by atoms with Crippen molar-refractivity contribution < 1.29 is 19.1 Å². The maximum absolute atomic E-state index is 11.8. The topological polar surface area (TPSA) is 77.5 Å². The molecule has 0 fully saturated rings. The number of nitrogens with one attached hydrogen (secondary N) is 1. The molecule has 0 aliphatic carbocycles. The number of aryl methyl sites for hydroxylation is 1. The van der Waals surface area contributed by atoms with E-state index >= 15 is 0 Å². The van der Waals surface area contributed by atoms with E-state index in [4.69, 9.17) is 32.7 Å². The Morgan fingerprint density at radius 2 is 1.93 bits per heavy atom. The predicted octanol–water partition coefficient (Wildman–Crippen LogP) is 4.38. The number of amides is 1. The van der Waals surface area contributed by atoms with Crippen LogP contribution in [0.2, 0.25) is 10.0 Å². The number of pyridine rings is 1. The van der Waals surface area contributed by atoms with Crippen molar-refractivity contribution in [2.45, 2.75) is 26.7 Å². The highest BCUT2D eigenvalue weighted by atomic mass is 35.5. The van der Waals surface area contributed by atoms with Crippen LogP contribution in [0.25, 0.3) is 0 Å². The summed E-state index contributed by atoms with van der Waals surface area (Å²) in [6.45, 7) is 5.43. The summed E-state index contributed by atoms with van der Waals surface area (Å²) in [6, 6.07) is 7.08. The van der Waals surface area contributed by atoms with Gasteiger partial charge in [-0.3, -0.25) is 4.79 Å². The maximum atomic E-state index is 11.8. The fourth-order valence-corrected chi connectivity index (χ4v) is 2.82. The Morgan fingerprint density at radius 1 is 1.19 bits per heavy atom. The van der Waals surface area contributed by atoms with Crippen molar-refractivity contribution in [2.75, 3.05) is 18.5 Å². The number of rotatable bonds is 7. The van der Waals surface area contributed by atoms with E-state index in [0.717, 1.165) is 5.56 Å². The van der Waals surface area contributed by atoms with E-state index in [1.807, 2.05) is 19.1 Å². The summed E-state index contributed by atoms with van der Waals surface area (Å²) < 4.78 is 10.3. The first-order valence-corrected chi connectivity index (χ1v) is 9.01. The molecule has 1 heterocycles. The van der Waals surface area contributed by atoms with E-state index in [1.54, 1.807) is 6.07 Å². The standard InChI is InChI=1S/C19H20Cl2N2O4/c1-11(2)15-5-4-14(6-12(15)3)26-10-18(25)27-9-17(24)23-19-16(21)7-13(20)8-22-19/h4-8,11H,9-10H2,1-3H3,(H,22,23,24). The predicted molar refractivity (Wildman–Crippen MR) is 105 cm³/mol. The number of ether oxygens (including phenoxy) is 2. The van der Waals surface area contributed by atoms with Crippen molar-refractivity contribution in [3.05, 3.63) is 51.6 Å². The van der Waals surface area contributed by atoms with Crippen molar-refractivity contribution in [1.82, 2.24) is 4.98 Å². The molecular weight excluding hydrogens is 391 g/mol. The molecule has 2 aromatic rings. The van der Waals surface area contributed by atoms with Gasteiger partial charge in [0.1, 0.15) is 5.75 Å². The number of hydrogen-bond acceptors (Lipinski definition) is 5. The van der Waals surface area contributed by atoms with Crippen LogP contribution < -0.4 is 10.1 Å². The molecule has 0 aliphatic rings. The fraction of sp³-hybridized carbons (Fsp3) is 0.316. The number of hydrogen-bond donors (Lipinski definition) is 1. The zero-order valence-electron chi connectivity index (χ0n) is 15.2. The molecule has 1 aromatic carbocycles. The molecule has 1 N–H and O–H groups in total. The van der Waals surface area contributed by atoms with Crippen LogP contribution in [0, 0.1) is 6.92 Å². The Labute approximate surface area is 167 Å². The van der Waals surface area contributed by atoms with Gasteiger partial charge in [0.2, 0.25) is 0 Å². The first-order valence-electron chi connectivity index (χ1n) is 8.26. The number of halogens is 2. The molecule has 2 rings (SSSR count). The van der Waals surface area contributed by atoms with Gasteiger partial charge in [-0.25, -0.2) is 9.78 Å². The molecule has 0 spiro atoms. The summed E-state index contributed by atoms with van der Waals surface area (Å²) in [5, 5.41) is 2.96. The van der Waals surface area contributed by atoms with Gasteiger partial charge in [-0.05, 0) is 42.2 Å². The molecule has 0 unspecified atom stereocenters. The number of carbonyl (C=O) groups is 2. The van der Waals surface area contributed by atoms with Gasteiger partial charge in [0.05, 0.1) is 10.0 Å². The molecule has 1 amide bonds. The Bertz CT molecular complexity index is 840. The Morgan fingerprint density at radius 3 is 2.56 bits per heavy atom. The molecule has 0 saturated heterocycles. The second-order valence-electron chi connectivity index (χ2n) is 6.15. The minimum absolute atomic E-state index is 0.138. The first-order chi connectivity index (χ1) is 12.8. The lowest BCUT2D eigenvalue weighted by molar-refractivity contribution is -0.149. The van der Waals surface area contributed by atoms with Gasteiger partial charge >= 0.3 is 5.97 Å². The largest absolute Gasteiger partial charge is 0.482 e. The summed E-state index contributed by atoms with van der Waals surface area (Å²) in [7, 11) is 0. The second-order valence-corrected chi connectivity index (χ2v) is 7.00. The highest BCUT2D eigenvalue weighted by Crippen LogP contribution is 2.24. The van der Waals surface area contributed by atoms with Crippen LogP contribution in [0.15, 0.2) is 30.5 Å². The quantitative estimate of drug-likeness (QED) is 0.685. The van der Waals surface area contributed by atoms with Gasteiger partial charge in [-0.2, -0.15) is 0 Å². The molecule has 0 bridgehead atoms. The van der Waals surface area contributed by atoms with Crippen LogP contribution in [-0.4, -0.2) is 30.1 Å². The molecule has 144 valence electrons. The molecule has 8 heteroatoms. The highest BCUT2D eigenvalue weighted by Gasteiger charge is 2.12. The molecule has 0 saturated carbocycles. The summed E-state index contributed by atoms with van der Waals surface area (Å²) in [5.74, 6) is -0.121. The van der Waals surface area contributed by atoms with Crippen LogP contribution >= 0.6 is 23.2 Å². The van der Waals surface area contributed by atoms with Gasteiger partial charge < -0.3 is 14.8 Å². The van der Waals surface area contributed by atoms with Gasteiger partial charge in [0, 0.05) is 6.20 Å². The molecule has 27 heavy (non-hydrogen) atoms. The molecule has 1 aromatic heterocycles. The third-order valence-electron chi connectivity index (χ3n) is 3.65. The molecule has 0 aliphatic heterocycles. The number of aromatic nitrogens is 1. The summed E-state index contributed by atoms with van der Waals surface area (Å²) in [5.41, 5.74) is 2.30. The lowest BCUT2D eigenvalue weighted by atomic mass is 9.98. The minimum Gasteiger partial charge on any atom is -0.482 e. The van der Waals surface area contributed by atoms with Crippen LogP contribution in [0.3, 0.4) is 0 Å². The minimum atomic E-state index is -0.661. The third kappa shape index (κ3) is 6.41. The van der Waals surface area contributed by atoms with Crippen LogP contribution in [0.1, 0.15) is 30.9 Å². The third-order valence-corrected chi connectivity index (χ3v) is 4.14. The Kier molecular flexibility index (Phi) is 7.45. The van der Waals surface area contributed by atoms with Crippen LogP contribution in [0.4, 0.5) is 5.82 Å². The summed E-state index contributed by atoms with van der Waals surface area (Å²) in [6.07, 6.45) is 1.34. The first kappa shape index (κ1) is 21.0. The van der Waals surface area contributed by atoms with E-state index in [-0.39, 0.29) is 17.4 Å². The van der Waals surface area contributed by atoms with E-state index in [2.05, 4.69) is 24.1 Å². The number of esters is 1. The maximum Gasteiger partial charge on any atom is 0.344 e. The number of benzene rings is 1. The molecule has 0 radical (unpaired) electrons. The fourth-order valence-electron chi connectivity index (χ4n) is 2.39. The zero-order valence-corrected chi connectivity index (χ0v) is 16.7. The smallest absolute Gasteiger partial charge is 0.344 e. The van der Waals surface area contributed by atoms with E-state index < -0.39 is 18.5 Å². The molecular formula is C19H20Cl2N2O4. The molecule has 0 atom stereocenters.